The highest BCUT2D eigenvalue weighted by Crippen LogP contribution is 2.35. The Morgan fingerprint density at radius 2 is 2.45 bits per heavy atom. The van der Waals surface area contributed by atoms with E-state index in [1.807, 2.05) is 0 Å². The normalized spacial score (nSPS) is 26.9. The van der Waals surface area contributed by atoms with E-state index in [-0.39, 0.29) is 12.1 Å². The van der Waals surface area contributed by atoms with Gasteiger partial charge in [0, 0.05) is 6.07 Å². The van der Waals surface area contributed by atoms with Crippen molar-refractivity contribution in [1.82, 2.24) is 19.6 Å². The summed E-state index contributed by atoms with van der Waals surface area (Å²) in [5, 5.41) is 17.8. The van der Waals surface area contributed by atoms with Gasteiger partial charge in [-0.15, -0.1) is 0 Å². The van der Waals surface area contributed by atoms with Crippen molar-refractivity contribution in [3.63, 3.8) is 0 Å². The molecule has 3 rings (SSSR count). The second-order valence-corrected chi connectivity index (χ2v) is 6.09. The predicted molar refractivity (Wildman–Crippen MR) is 76.9 cm³/mol. The second-order valence-electron chi connectivity index (χ2n) is 5.70. The molecule has 1 saturated carbocycles. The summed E-state index contributed by atoms with van der Waals surface area (Å²) in [5.41, 5.74) is -0.318. The summed E-state index contributed by atoms with van der Waals surface area (Å²) in [4.78, 5) is 8.16. The van der Waals surface area contributed by atoms with Crippen LogP contribution in [-0.4, -0.2) is 36.8 Å². The summed E-state index contributed by atoms with van der Waals surface area (Å²) in [6.45, 7) is 2.31. The third kappa shape index (κ3) is 2.45. The fraction of sp³-hybridized carbons (Fsp3) is 0.615. The van der Waals surface area contributed by atoms with Crippen molar-refractivity contribution < 1.29 is 5.11 Å². The molecule has 1 aliphatic carbocycles. The maximum absolute atomic E-state index is 9.86. The van der Waals surface area contributed by atoms with Crippen LogP contribution in [0.1, 0.15) is 32.6 Å². The first kappa shape index (κ1) is 13.6. The zero-order valence-electron chi connectivity index (χ0n) is 11.4. The number of aliphatic hydroxyl groups is 1. The van der Waals surface area contributed by atoms with Gasteiger partial charge in [0.25, 0.3) is 5.78 Å². The molecule has 6 nitrogen and oxygen atoms in total. The molecular weight excluding hydrogens is 278 g/mol. The molecule has 0 aliphatic heterocycles. The summed E-state index contributed by atoms with van der Waals surface area (Å²) in [5.74, 6) is 1.77. The fourth-order valence-corrected chi connectivity index (χ4v) is 3.28. The molecule has 0 spiro atoms. The van der Waals surface area contributed by atoms with Gasteiger partial charge in [0.15, 0.2) is 0 Å². The lowest BCUT2D eigenvalue weighted by molar-refractivity contribution is 0.149. The molecule has 1 fully saturated rings. The highest BCUT2D eigenvalue weighted by molar-refractivity contribution is 6.29. The number of fused-ring (bicyclic) bond motifs is 1. The zero-order chi connectivity index (χ0) is 14.2. The van der Waals surface area contributed by atoms with Crippen LogP contribution in [0.25, 0.3) is 5.78 Å². The summed E-state index contributed by atoms with van der Waals surface area (Å²) in [6.07, 6.45) is 5.62. The molecule has 0 radical (unpaired) electrons. The molecule has 0 amide bonds. The molecule has 2 heterocycles. The van der Waals surface area contributed by atoms with E-state index in [0.29, 0.717) is 16.8 Å². The Hall–Kier alpha value is -1.40. The number of rotatable bonds is 3. The Morgan fingerprint density at radius 3 is 3.20 bits per heavy atom. The fourth-order valence-electron chi connectivity index (χ4n) is 3.10. The van der Waals surface area contributed by atoms with Crippen LogP contribution in [0.15, 0.2) is 12.4 Å². The van der Waals surface area contributed by atoms with Crippen LogP contribution >= 0.6 is 11.6 Å². The van der Waals surface area contributed by atoms with Gasteiger partial charge in [-0.1, -0.05) is 31.4 Å². The maximum Gasteiger partial charge on any atom is 0.255 e. The molecule has 2 aromatic heterocycles. The number of anilines is 1. The van der Waals surface area contributed by atoms with Crippen molar-refractivity contribution in [3.8, 4) is 0 Å². The molecule has 1 aliphatic rings. The van der Waals surface area contributed by atoms with Gasteiger partial charge < -0.3 is 10.4 Å². The van der Waals surface area contributed by atoms with Gasteiger partial charge in [0.1, 0.15) is 17.3 Å². The van der Waals surface area contributed by atoms with Crippen molar-refractivity contribution in [2.24, 2.45) is 5.92 Å². The van der Waals surface area contributed by atoms with Gasteiger partial charge in [0.2, 0.25) is 0 Å². The van der Waals surface area contributed by atoms with Crippen molar-refractivity contribution in [3.05, 3.63) is 17.5 Å². The number of hydrogen-bond acceptors (Lipinski definition) is 5. The first-order valence-electron chi connectivity index (χ1n) is 6.87. The minimum atomic E-state index is -0.318. The first-order valence-corrected chi connectivity index (χ1v) is 7.25. The van der Waals surface area contributed by atoms with Crippen LogP contribution in [0.3, 0.4) is 0 Å². The van der Waals surface area contributed by atoms with Crippen molar-refractivity contribution >= 4 is 23.2 Å². The van der Waals surface area contributed by atoms with Gasteiger partial charge in [0.05, 0.1) is 12.1 Å². The molecule has 0 aromatic carbocycles. The molecule has 0 bridgehead atoms. The van der Waals surface area contributed by atoms with Crippen LogP contribution in [-0.2, 0) is 0 Å². The summed E-state index contributed by atoms with van der Waals surface area (Å²) in [7, 11) is 0. The molecule has 2 aromatic rings. The Morgan fingerprint density at radius 1 is 1.60 bits per heavy atom. The SMILES string of the molecule is CC1CCCC(CO)(Nc2cc(Cl)nc3ncnn23)C1. The largest absolute Gasteiger partial charge is 0.394 e. The van der Waals surface area contributed by atoms with Crippen molar-refractivity contribution in [1.29, 1.82) is 0 Å². The molecule has 2 unspecified atom stereocenters. The lowest BCUT2D eigenvalue weighted by Gasteiger charge is -2.40. The molecule has 7 heteroatoms. The third-order valence-corrected chi connectivity index (χ3v) is 4.20. The first-order chi connectivity index (χ1) is 9.62. The van der Waals surface area contributed by atoms with Gasteiger partial charge in [-0.05, 0) is 18.8 Å². The van der Waals surface area contributed by atoms with E-state index in [2.05, 4.69) is 27.3 Å². The van der Waals surface area contributed by atoms with E-state index in [9.17, 15) is 5.11 Å². The number of halogens is 1. The molecule has 2 N–H and O–H groups in total. The Labute approximate surface area is 122 Å². The highest BCUT2D eigenvalue weighted by atomic mass is 35.5. The van der Waals surface area contributed by atoms with E-state index in [0.717, 1.165) is 25.1 Å². The standard InChI is InChI=1S/C13H18ClN5O/c1-9-3-2-4-13(6-9,7-20)18-11-5-10(14)17-12-15-8-16-19(11)12/h5,8-9,18,20H,2-4,6-7H2,1H3. The van der Waals surface area contributed by atoms with E-state index in [4.69, 9.17) is 11.6 Å². The minimum Gasteiger partial charge on any atom is -0.394 e. The second kappa shape index (κ2) is 5.18. The molecule has 20 heavy (non-hydrogen) atoms. The average molecular weight is 296 g/mol. The quantitative estimate of drug-likeness (QED) is 0.849. The maximum atomic E-state index is 9.86. The van der Waals surface area contributed by atoms with Gasteiger partial charge in [-0.2, -0.15) is 19.6 Å². The number of aliphatic hydroxyl groups excluding tert-OH is 1. The van der Waals surface area contributed by atoms with Crippen LogP contribution in [0, 0.1) is 5.92 Å². The van der Waals surface area contributed by atoms with Gasteiger partial charge in [-0.3, -0.25) is 0 Å². The predicted octanol–water partition coefficient (Wildman–Crippen LogP) is 2.13. The van der Waals surface area contributed by atoms with Gasteiger partial charge >= 0.3 is 0 Å². The summed E-state index contributed by atoms with van der Waals surface area (Å²) in [6, 6.07) is 1.72. The Bertz CT molecular complexity index is 616. The molecular formula is C13H18ClN5O. The molecule has 2 atom stereocenters. The summed E-state index contributed by atoms with van der Waals surface area (Å²) >= 11 is 6.02. The zero-order valence-corrected chi connectivity index (χ0v) is 12.1. The molecule has 108 valence electrons. The number of nitrogens with one attached hydrogen (secondary N) is 1. The monoisotopic (exact) mass is 295 g/mol. The highest BCUT2D eigenvalue weighted by Gasteiger charge is 2.35. The van der Waals surface area contributed by atoms with E-state index < -0.39 is 0 Å². The third-order valence-electron chi connectivity index (χ3n) is 4.01. The van der Waals surface area contributed by atoms with Gasteiger partial charge in [-0.25, -0.2) is 0 Å². The Kier molecular flexibility index (Phi) is 3.52. The topological polar surface area (TPSA) is 75.3 Å². The Balaban J connectivity index is 1.96. The molecule has 0 saturated heterocycles. The number of nitrogens with zero attached hydrogens (tertiary/aromatic N) is 4. The number of aromatic nitrogens is 4. The summed E-state index contributed by atoms with van der Waals surface area (Å²) < 4.78 is 1.61. The van der Waals surface area contributed by atoms with E-state index in [1.54, 1.807) is 10.6 Å². The van der Waals surface area contributed by atoms with Crippen molar-refractivity contribution in [2.45, 2.75) is 38.1 Å². The van der Waals surface area contributed by atoms with Crippen LogP contribution in [0.4, 0.5) is 5.82 Å². The lowest BCUT2D eigenvalue weighted by atomic mass is 9.77. The van der Waals surface area contributed by atoms with Crippen LogP contribution in [0.5, 0.6) is 0 Å². The van der Waals surface area contributed by atoms with E-state index >= 15 is 0 Å². The van der Waals surface area contributed by atoms with Crippen LogP contribution in [0.2, 0.25) is 5.15 Å². The number of hydrogen-bond donors (Lipinski definition) is 2. The minimum absolute atomic E-state index is 0.0907. The average Bonchev–Trinajstić information content (AvgIpc) is 2.87. The van der Waals surface area contributed by atoms with E-state index in [1.165, 1.54) is 12.7 Å². The smallest absolute Gasteiger partial charge is 0.255 e. The van der Waals surface area contributed by atoms with Crippen LogP contribution < -0.4 is 5.32 Å². The lowest BCUT2D eigenvalue weighted by Crippen LogP contribution is -2.46. The van der Waals surface area contributed by atoms with Crippen molar-refractivity contribution in [2.75, 3.05) is 11.9 Å².